The number of aryl methyl sites for hydroxylation is 2. The van der Waals surface area contributed by atoms with Crippen LogP contribution >= 0.6 is 0 Å². The molecule has 0 spiro atoms. The Morgan fingerprint density at radius 1 is 1.00 bits per heavy atom. The molecule has 76 valence electrons. The van der Waals surface area contributed by atoms with E-state index in [1.165, 1.54) is 0 Å². The van der Waals surface area contributed by atoms with Crippen LogP contribution in [0.3, 0.4) is 0 Å². The fraction of sp³-hybridized carbons (Fsp3) is 0.167. The van der Waals surface area contributed by atoms with Gasteiger partial charge < -0.3 is 5.73 Å². The average molecular weight is 199 g/mol. The highest BCUT2D eigenvalue weighted by Gasteiger charge is 2.01. The van der Waals surface area contributed by atoms with Crippen molar-refractivity contribution in [3.63, 3.8) is 0 Å². The van der Waals surface area contributed by atoms with Crippen molar-refractivity contribution < 1.29 is 0 Å². The molecule has 0 aliphatic carbocycles. The molecule has 2 rings (SSSR count). The number of hydrogen-bond acceptors (Lipinski definition) is 3. The second kappa shape index (κ2) is 3.69. The van der Waals surface area contributed by atoms with Gasteiger partial charge in [0.15, 0.2) is 0 Å². The van der Waals surface area contributed by atoms with Crippen LogP contribution in [0.15, 0.2) is 30.7 Å². The summed E-state index contributed by atoms with van der Waals surface area (Å²) in [5, 5.41) is 0. The Morgan fingerprint density at radius 3 is 2.40 bits per heavy atom. The molecule has 0 saturated carbocycles. The maximum Gasteiger partial charge on any atom is 0.126 e. The van der Waals surface area contributed by atoms with Gasteiger partial charge in [-0.05, 0) is 37.1 Å². The van der Waals surface area contributed by atoms with Crippen molar-refractivity contribution in [3.05, 3.63) is 41.9 Å². The first-order valence-electron chi connectivity index (χ1n) is 4.81. The third-order valence-corrected chi connectivity index (χ3v) is 2.33. The number of anilines is 1. The monoisotopic (exact) mass is 199 g/mol. The fourth-order valence-electron chi connectivity index (χ4n) is 1.46. The van der Waals surface area contributed by atoms with Crippen molar-refractivity contribution in [1.29, 1.82) is 0 Å². The Kier molecular flexibility index (Phi) is 2.37. The predicted octanol–water partition coefficient (Wildman–Crippen LogP) is 2.34. The van der Waals surface area contributed by atoms with E-state index < -0.39 is 0 Å². The number of hydrogen-bond donors (Lipinski definition) is 1. The zero-order chi connectivity index (χ0) is 10.8. The van der Waals surface area contributed by atoms with Gasteiger partial charge in [-0.2, -0.15) is 0 Å². The Labute approximate surface area is 89.0 Å². The molecule has 2 heterocycles. The quantitative estimate of drug-likeness (QED) is 0.767. The summed E-state index contributed by atoms with van der Waals surface area (Å²) in [6.07, 6.45) is 5.44. The molecule has 0 atom stereocenters. The van der Waals surface area contributed by atoms with Crippen LogP contribution in [0.1, 0.15) is 11.1 Å². The zero-order valence-corrected chi connectivity index (χ0v) is 8.86. The SMILES string of the molecule is Cc1cncc(-c2cnc(N)c(C)c2)c1. The van der Waals surface area contributed by atoms with Crippen molar-refractivity contribution in [2.24, 2.45) is 0 Å². The van der Waals surface area contributed by atoms with Gasteiger partial charge in [0, 0.05) is 29.7 Å². The van der Waals surface area contributed by atoms with Gasteiger partial charge in [-0.25, -0.2) is 4.98 Å². The molecule has 2 N–H and O–H groups in total. The van der Waals surface area contributed by atoms with Crippen LogP contribution in [-0.2, 0) is 0 Å². The standard InChI is InChI=1S/C12H13N3/c1-8-3-10(6-14-5-8)11-4-9(2)12(13)15-7-11/h3-7H,1-2H3,(H2,13,15). The molecule has 2 aromatic rings. The number of nitrogens with two attached hydrogens (primary N) is 1. The molecule has 0 aliphatic rings. The Morgan fingerprint density at radius 2 is 1.73 bits per heavy atom. The van der Waals surface area contributed by atoms with Gasteiger partial charge >= 0.3 is 0 Å². The van der Waals surface area contributed by atoms with E-state index in [2.05, 4.69) is 16.0 Å². The maximum atomic E-state index is 5.67. The number of rotatable bonds is 1. The summed E-state index contributed by atoms with van der Waals surface area (Å²) in [5.74, 6) is 0.583. The van der Waals surface area contributed by atoms with Gasteiger partial charge in [-0.15, -0.1) is 0 Å². The summed E-state index contributed by atoms with van der Waals surface area (Å²) in [6.45, 7) is 3.98. The average Bonchev–Trinajstić information content (AvgIpc) is 2.22. The summed E-state index contributed by atoms with van der Waals surface area (Å²) in [4.78, 5) is 8.29. The summed E-state index contributed by atoms with van der Waals surface area (Å²) in [5.41, 5.74) is 9.93. The molecular formula is C12H13N3. The molecule has 0 amide bonds. The van der Waals surface area contributed by atoms with Crippen LogP contribution in [-0.4, -0.2) is 9.97 Å². The van der Waals surface area contributed by atoms with Gasteiger partial charge in [0.2, 0.25) is 0 Å². The minimum atomic E-state index is 0.583. The van der Waals surface area contributed by atoms with Crippen LogP contribution < -0.4 is 5.73 Å². The summed E-state index contributed by atoms with van der Waals surface area (Å²) >= 11 is 0. The highest BCUT2D eigenvalue weighted by atomic mass is 14.8. The van der Waals surface area contributed by atoms with E-state index in [0.717, 1.165) is 22.3 Å². The van der Waals surface area contributed by atoms with E-state index in [9.17, 15) is 0 Å². The van der Waals surface area contributed by atoms with Gasteiger partial charge in [0.1, 0.15) is 5.82 Å². The largest absolute Gasteiger partial charge is 0.383 e. The fourth-order valence-corrected chi connectivity index (χ4v) is 1.46. The van der Waals surface area contributed by atoms with Crippen LogP contribution in [0, 0.1) is 13.8 Å². The summed E-state index contributed by atoms with van der Waals surface area (Å²) in [6, 6.07) is 4.11. The lowest BCUT2D eigenvalue weighted by atomic mass is 10.1. The molecule has 15 heavy (non-hydrogen) atoms. The molecule has 0 fully saturated rings. The van der Waals surface area contributed by atoms with Gasteiger partial charge in [-0.1, -0.05) is 0 Å². The van der Waals surface area contributed by atoms with Crippen molar-refractivity contribution >= 4 is 5.82 Å². The number of aromatic nitrogens is 2. The minimum absolute atomic E-state index is 0.583. The first-order chi connectivity index (χ1) is 7.16. The molecule has 0 bridgehead atoms. The van der Waals surface area contributed by atoms with Crippen molar-refractivity contribution in [2.45, 2.75) is 13.8 Å². The van der Waals surface area contributed by atoms with E-state index in [1.807, 2.05) is 32.3 Å². The zero-order valence-electron chi connectivity index (χ0n) is 8.86. The molecule has 0 aliphatic heterocycles. The van der Waals surface area contributed by atoms with Gasteiger partial charge in [0.25, 0.3) is 0 Å². The Hall–Kier alpha value is -1.90. The molecule has 3 nitrogen and oxygen atoms in total. The lowest BCUT2D eigenvalue weighted by molar-refractivity contribution is 1.25. The molecule has 3 heteroatoms. The van der Waals surface area contributed by atoms with E-state index in [0.29, 0.717) is 5.82 Å². The highest BCUT2D eigenvalue weighted by Crippen LogP contribution is 2.21. The van der Waals surface area contributed by atoms with E-state index in [1.54, 1.807) is 6.20 Å². The summed E-state index contributed by atoms with van der Waals surface area (Å²) < 4.78 is 0. The highest BCUT2D eigenvalue weighted by molar-refractivity contribution is 5.64. The van der Waals surface area contributed by atoms with Crippen LogP contribution in [0.25, 0.3) is 11.1 Å². The third kappa shape index (κ3) is 1.96. The third-order valence-electron chi connectivity index (χ3n) is 2.33. The van der Waals surface area contributed by atoms with E-state index in [4.69, 9.17) is 5.73 Å². The van der Waals surface area contributed by atoms with Gasteiger partial charge in [0.05, 0.1) is 0 Å². The second-order valence-corrected chi connectivity index (χ2v) is 3.68. The van der Waals surface area contributed by atoms with Crippen molar-refractivity contribution in [1.82, 2.24) is 9.97 Å². The van der Waals surface area contributed by atoms with Crippen LogP contribution in [0.2, 0.25) is 0 Å². The smallest absolute Gasteiger partial charge is 0.126 e. The number of nitrogen functional groups attached to an aromatic ring is 1. The first-order valence-corrected chi connectivity index (χ1v) is 4.81. The van der Waals surface area contributed by atoms with E-state index in [-0.39, 0.29) is 0 Å². The number of pyridine rings is 2. The van der Waals surface area contributed by atoms with Crippen LogP contribution in [0.4, 0.5) is 5.82 Å². The lowest BCUT2D eigenvalue weighted by Crippen LogP contribution is -1.94. The Balaban J connectivity index is 2.50. The minimum Gasteiger partial charge on any atom is -0.383 e. The van der Waals surface area contributed by atoms with Crippen LogP contribution in [0.5, 0.6) is 0 Å². The maximum absolute atomic E-state index is 5.67. The first kappa shape index (κ1) is 9.65. The van der Waals surface area contributed by atoms with Crippen molar-refractivity contribution in [3.8, 4) is 11.1 Å². The number of nitrogens with zero attached hydrogens (tertiary/aromatic N) is 2. The Bertz CT molecular complexity index is 492. The topological polar surface area (TPSA) is 51.8 Å². The summed E-state index contributed by atoms with van der Waals surface area (Å²) in [7, 11) is 0. The van der Waals surface area contributed by atoms with Crippen molar-refractivity contribution in [2.75, 3.05) is 5.73 Å². The van der Waals surface area contributed by atoms with Gasteiger partial charge in [-0.3, -0.25) is 4.98 Å². The molecule has 0 unspecified atom stereocenters. The molecule has 0 radical (unpaired) electrons. The van der Waals surface area contributed by atoms with E-state index >= 15 is 0 Å². The molecular weight excluding hydrogens is 186 g/mol. The normalized spacial score (nSPS) is 10.3. The predicted molar refractivity (Wildman–Crippen MR) is 61.4 cm³/mol. The molecule has 0 saturated heterocycles. The molecule has 0 aromatic carbocycles. The molecule has 2 aromatic heterocycles. The second-order valence-electron chi connectivity index (χ2n) is 3.68. The lowest BCUT2D eigenvalue weighted by Gasteiger charge is -2.04.